The van der Waals surface area contributed by atoms with Crippen LogP contribution < -0.4 is 10.1 Å². The predicted molar refractivity (Wildman–Crippen MR) is 72.3 cm³/mol. The number of para-hydroxylation sites is 1. The molecule has 0 radical (unpaired) electrons. The minimum Gasteiger partial charge on any atom is -0.490 e. The zero-order valence-corrected chi connectivity index (χ0v) is 11.6. The molecule has 1 aromatic rings. The van der Waals surface area contributed by atoms with Crippen molar-refractivity contribution in [2.24, 2.45) is 0 Å². The number of hydrogen-bond acceptors (Lipinski definition) is 4. The molecule has 0 saturated heterocycles. The highest BCUT2D eigenvalue weighted by Crippen LogP contribution is 2.22. The van der Waals surface area contributed by atoms with E-state index in [1.807, 2.05) is 32.0 Å². The third-order valence-electron chi connectivity index (χ3n) is 2.85. The molecule has 1 rings (SSSR count). The first-order valence-corrected chi connectivity index (χ1v) is 6.45. The van der Waals surface area contributed by atoms with Crippen LogP contribution in [0.1, 0.15) is 11.1 Å². The Labute approximate surface area is 117 Å². The molecule has 0 amide bonds. The van der Waals surface area contributed by atoms with Gasteiger partial charge in [-0.25, -0.2) is 8.78 Å². The second-order valence-electron chi connectivity index (χ2n) is 4.75. The van der Waals surface area contributed by atoms with Crippen LogP contribution in [0.25, 0.3) is 0 Å². The van der Waals surface area contributed by atoms with Crippen molar-refractivity contribution in [2.75, 3.05) is 19.7 Å². The number of benzene rings is 1. The smallest absolute Gasteiger partial charge is 0.265 e. The van der Waals surface area contributed by atoms with E-state index in [2.05, 4.69) is 5.32 Å². The molecule has 6 heteroatoms. The Kier molecular flexibility index (Phi) is 6.84. The van der Waals surface area contributed by atoms with Crippen molar-refractivity contribution in [3.05, 3.63) is 29.3 Å². The van der Waals surface area contributed by atoms with Gasteiger partial charge < -0.3 is 20.3 Å². The molecule has 0 spiro atoms. The first-order chi connectivity index (χ1) is 9.41. The summed E-state index contributed by atoms with van der Waals surface area (Å²) in [7, 11) is 0. The average Bonchev–Trinajstić information content (AvgIpc) is 2.37. The Hall–Kier alpha value is -1.24. The van der Waals surface area contributed by atoms with Gasteiger partial charge in [0, 0.05) is 13.1 Å². The highest BCUT2D eigenvalue weighted by atomic mass is 19.3. The maximum atomic E-state index is 12.0. The molecule has 0 aliphatic carbocycles. The minimum absolute atomic E-state index is 0.0590. The summed E-state index contributed by atoms with van der Waals surface area (Å²) in [5, 5.41) is 21.2. The number of hydrogen-bond donors (Lipinski definition) is 3. The monoisotopic (exact) mass is 289 g/mol. The maximum absolute atomic E-state index is 12.0. The topological polar surface area (TPSA) is 61.7 Å². The van der Waals surface area contributed by atoms with Crippen molar-refractivity contribution in [2.45, 2.75) is 32.5 Å². The molecular formula is C14H21F2NO3. The zero-order valence-electron chi connectivity index (χ0n) is 11.6. The van der Waals surface area contributed by atoms with Crippen molar-refractivity contribution in [3.8, 4) is 5.75 Å². The van der Waals surface area contributed by atoms with E-state index in [0.717, 1.165) is 16.9 Å². The van der Waals surface area contributed by atoms with Crippen LogP contribution in [0.4, 0.5) is 8.78 Å². The molecule has 4 nitrogen and oxygen atoms in total. The number of halogens is 2. The molecule has 3 N–H and O–H groups in total. The lowest BCUT2D eigenvalue weighted by atomic mass is 10.1. The van der Waals surface area contributed by atoms with Crippen LogP contribution in [0.15, 0.2) is 18.2 Å². The zero-order chi connectivity index (χ0) is 15.1. The van der Waals surface area contributed by atoms with Gasteiger partial charge in [-0.3, -0.25) is 0 Å². The predicted octanol–water partition coefficient (Wildman–Crippen LogP) is 1.26. The van der Waals surface area contributed by atoms with Gasteiger partial charge >= 0.3 is 0 Å². The van der Waals surface area contributed by atoms with E-state index in [-0.39, 0.29) is 19.7 Å². The highest BCUT2D eigenvalue weighted by molar-refractivity contribution is 5.39. The molecular weight excluding hydrogens is 268 g/mol. The van der Waals surface area contributed by atoms with Crippen molar-refractivity contribution in [1.29, 1.82) is 0 Å². The van der Waals surface area contributed by atoms with Crippen LogP contribution in [0.5, 0.6) is 5.75 Å². The molecule has 0 aromatic heterocycles. The molecule has 114 valence electrons. The fourth-order valence-electron chi connectivity index (χ4n) is 1.75. The van der Waals surface area contributed by atoms with E-state index in [9.17, 15) is 13.9 Å². The maximum Gasteiger partial charge on any atom is 0.265 e. The van der Waals surface area contributed by atoms with Crippen LogP contribution >= 0.6 is 0 Å². The number of aliphatic hydroxyl groups excluding tert-OH is 2. The fraction of sp³-hybridized carbons (Fsp3) is 0.571. The van der Waals surface area contributed by atoms with Crippen LogP contribution in [0.3, 0.4) is 0 Å². The Morgan fingerprint density at radius 1 is 1.15 bits per heavy atom. The van der Waals surface area contributed by atoms with Gasteiger partial charge in [-0.15, -0.1) is 0 Å². The van der Waals surface area contributed by atoms with Crippen LogP contribution in [-0.4, -0.2) is 48.5 Å². The Morgan fingerprint density at radius 3 is 2.30 bits per heavy atom. The molecule has 0 bridgehead atoms. The molecule has 0 aliphatic rings. The van der Waals surface area contributed by atoms with Gasteiger partial charge in [-0.1, -0.05) is 18.2 Å². The Balaban J connectivity index is 2.31. The Morgan fingerprint density at radius 2 is 1.75 bits per heavy atom. The van der Waals surface area contributed by atoms with Gasteiger partial charge in [0.15, 0.2) is 0 Å². The largest absolute Gasteiger partial charge is 0.490 e. The van der Waals surface area contributed by atoms with E-state index >= 15 is 0 Å². The minimum atomic E-state index is -2.79. The van der Waals surface area contributed by atoms with E-state index in [4.69, 9.17) is 9.84 Å². The number of nitrogens with one attached hydrogen (secondary N) is 1. The lowest BCUT2D eigenvalue weighted by molar-refractivity contribution is -0.00530. The molecule has 20 heavy (non-hydrogen) atoms. The Bertz CT molecular complexity index is 395. The molecule has 0 fully saturated rings. The van der Waals surface area contributed by atoms with Gasteiger partial charge in [0.1, 0.15) is 24.6 Å². The lowest BCUT2D eigenvalue weighted by Crippen LogP contribution is -2.38. The summed E-state index contributed by atoms with van der Waals surface area (Å²) in [6.07, 6.45) is -5.34. The summed E-state index contributed by atoms with van der Waals surface area (Å²) in [5.74, 6) is 0.721. The number of alkyl halides is 2. The lowest BCUT2D eigenvalue weighted by Gasteiger charge is -2.17. The van der Waals surface area contributed by atoms with Gasteiger partial charge in [0.2, 0.25) is 0 Å². The van der Waals surface area contributed by atoms with Crippen LogP contribution in [0.2, 0.25) is 0 Å². The van der Waals surface area contributed by atoms with Gasteiger partial charge in [0.25, 0.3) is 6.43 Å². The van der Waals surface area contributed by atoms with Gasteiger partial charge in [-0.2, -0.15) is 0 Å². The van der Waals surface area contributed by atoms with Crippen molar-refractivity contribution in [1.82, 2.24) is 5.32 Å². The number of aryl methyl sites for hydroxylation is 2. The summed E-state index contributed by atoms with van der Waals surface area (Å²) in [6, 6.07) is 5.74. The SMILES string of the molecule is Cc1cccc(C)c1OCC(O)CNCC(O)C(F)F. The van der Waals surface area contributed by atoms with E-state index < -0.39 is 18.6 Å². The molecule has 2 atom stereocenters. The summed E-state index contributed by atoms with van der Waals surface area (Å²) < 4.78 is 29.6. The first-order valence-electron chi connectivity index (χ1n) is 6.45. The van der Waals surface area contributed by atoms with Crippen molar-refractivity contribution < 1.29 is 23.7 Å². The summed E-state index contributed by atoms with van der Waals surface area (Å²) in [5.41, 5.74) is 1.94. The molecule has 0 aliphatic heterocycles. The van der Waals surface area contributed by atoms with Crippen LogP contribution in [-0.2, 0) is 0 Å². The van der Waals surface area contributed by atoms with Gasteiger partial charge in [-0.05, 0) is 25.0 Å². The number of ether oxygens (including phenoxy) is 1. The third kappa shape index (κ3) is 5.40. The van der Waals surface area contributed by atoms with Crippen molar-refractivity contribution in [3.63, 3.8) is 0 Å². The second-order valence-corrected chi connectivity index (χ2v) is 4.75. The average molecular weight is 289 g/mol. The fourth-order valence-corrected chi connectivity index (χ4v) is 1.75. The summed E-state index contributed by atoms with van der Waals surface area (Å²) in [6.45, 7) is 3.69. The second kappa shape index (κ2) is 8.14. The van der Waals surface area contributed by atoms with E-state index in [0.29, 0.717) is 0 Å². The quantitative estimate of drug-likeness (QED) is 0.674. The normalized spacial score (nSPS) is 14.3. The number of rotatable bonds is 8. The summed E-state index contributed by atoms with van der Waals surface area (Å²) >= 11 is 0. The third-order valence-corrected chi connectivity index (χ3v) is 2.85. The molecule has 2 unspecified atom stereocenters. The standard InChI is InChI=1S/C14H21F2NO3/c1-9-4-3-5-10(2)13(9)20-8-11(18)6-17-7-12(19)14(15)16/h3-5,11-12,14,17-19H,6-8H2,1-2H3. The van der Waals surface area contributed by atoms with E-state index in [1.54, 1.807) is 0 Å². The number of aliphatic hydroxyl groups is 2. The molecule has 0 saturated carbocycles. The van der Waals surface area contributed by atoms with Gasteiger partial charge in [0.05, 0.1) is 0 Å². The molecule has 1 aromatic carbocycles. The van der Waals surface area contributed by atoms with Crippen LogP contribution in [0, 0.1) is 13.8 Å². The first kappa shape index (κ1) is 16.8. The molecule has 0 heterocycles. The summed E-state index contributed by atoms with van der Waals surface area (Å²) in [4.78, 5) is 0. The van der Waals surface area contributed by atoms with E-state index in [1.165, 1.54) is 0 Å². The highest BCUT2D eigenvalue weighted by Gasteiger charge is 2.16. The van der Waals surface area contributed by atoms with Crippen molar-refractivity contribution >= 4 is 0 Å².